The van der Waals surface area contributed by atoms with Crippen LogP contribution in [0.3, 0.4) is 0 Å². The van der Waals surface area contributed by atoms with Crippen molar-refractivity contribution in [3.63, 3.8) is 0 Å². The van der Waals surface area contributed by atoms with Crippen LogP contribution in [-0.2, 0) is 76.5 Å². The first-order chi connectivity index (χ1) is 53.0. The van der Waals surface area contributed by atoms with Crippen molar-refractivity contribution >= 4 is 89.4 Å². The second-order valence-electron chi connectivity index (χ2n) is 31.0. The Morgan fingerprint density at radius 1 is 0.441 bits per heavy atom. The van der Waals surface area contributed by atoms with E-state index >= 15 is 0 Å². The maximum atomic E-state index is 13.1. The number of ether oxygens (including phenoxy) is 5. The number of piperidine rings is 6. The average Bonchev–Trinajstić information content (AvgIpc) is 1.63. The van der Waals surface area contributed by atoms with Crippen LogP contribution in [0.4, 0.5) is 9.59 Å². The second-order valence-corrected chi connectivity index (χ2v) is 31.0. The summed E-state index contributed by atoms with van der Waals surface area (Å²) in [6, 6.07) is 13.4. The SMILES string of the molecule is CC(C)(C)OC(=O)NCCOCC=O.CC(C)(C)OC(=O)NCCOCCN1CCC(Cc2ccc3c(c2)C(=O)N(C2CCC(=O)NC2=O)C3=O)CC1.NCCOCCN1CCC(Cc2ccc3c(c2)C(=O)N(C2CCC(=O)NC2=O)C3=O)CC1.O=C1CCC(N2C(=O)c3ccc(CC4CCNCC4)cc3C2=O)C(=O)N1. The number of hydrogen-bond acceptors (Lipinski definition) is 24. The molecule has 0 radical (unpaired) electrons. The van der Waals surface area contributed by atoms with Crippen molar-refractivity contribution in [2.45, 2.75) is 167 Å². The Hall–Kier alpha value is -9.57. The minimum atomic E-state index is -0.951. The minimum Gasteiger partial charge on any atom is -0.444 e. The van der Waals surface area contributed by atoms with Crippen LogP contribution < -0.4 is 37.6 Å². The molecule has 14 amide bonds. The van der Waals surface area contributed by atoms with Gasteiger partial charge in [0.2, 0.25) is 35.4 Å². The van der Waals surface area contributed by atoms with Gasteiger partial charge in [-0.25, -0.2) is 9.59 Å². The molecule has 3 aromatic carbocycles. The van der Waals surface area contributed by atoms with E-state index in [1.54, 1.807) is 57.2 Å². The normalized spacial score (nSPS) is 20.7. The van der Waals surface area contributed by atoms with Crippen molar-refractivity contribution in [3.05, 3.63) is 105 Å². The van der Waals surface area contributed by atoms with Gasteiger partial charge in [0, 0.05) is 52.0 Å². The fraction of sp³-hybridized carbons (Fsp3) is 0.582. The molecule has 3 atom stereocenters. The highest BCUT2D eigenvalue weighted by Gasteiger charge is 2.48. The van der Waals surface area contributed by atoms with Crippen molar-refractivity contribution in [1.82, 2.24) is 56.4 Å². The molecule has 0 spiro atoms. The third-order valence-electron chi connectivity index (χ3n) is 20.3. The number of alkyl carbamates (subject to hydrolysis) is 2. The molecule has 9 heterocycles. The molecule has 3 unspecified atom stereocenters. The van der Waals surface area contributed by atoms with E-state index in [1.807, 2.05) is 39.0 Å². The Kier molecular flexibility index (Phi) is 30.8. The molecule has 3 aromatic rings. The third kappa shape index (κ3) is 24.2. The first-order valence-electron chi connectivity index (χ1n) is 38.5. The molecule has 12 rings (SSSR count). The van der Waals surface area contributed by atoms with Gasteiger partial charge in [-0.2, -0.15) is 0 Å². The van der Waals surface area contributed by atoms with E-state index in [4.69, 9.17) is 29.4 Å². The van der Waals surface area contributed by atoms with Gasteiger partial charge in [-0.3, -0.25) is 88.2 Å². The van der Waals surface area contributed by atoms with Gasteiger partial charge in [0.25, 0.3) is 35.4 Å². The topological polar surface area (TPSA) is 417 Å². The number of imide groups is 6. The van der Waals surface area contributed by atoms with Gasteiger partial charge in [-0.15, -0.1) is 0 Å². The summed E-state index contributed by atoms with van der Waals surface area (Å²) in [5.41, 5.74) is 9.52. The fourth-order valence-corrected chi connectivity index (χ4v) is 14.7. The maximum absolute atomic E-state index is 13.1. The van der Waals surface area contributed by atoms with Crippen LogP contribution in [-0.4, -0.2) is 255 Å². The first kappa shape index (κ1) is 85.4. The highest BCUT2D eigenvalue weighted by molar-refractivity contribution is 6.25. The molecule has 6 saturated heterocycles. The number of aldehydes is 1. The van der Waals surface area contributed by atoms with Crippen molar-refractivity contribution in [3.8, 4) is 0 Å². The number of carbonyl (C=O) groups excluding carboxylic acids is 15. The number of amides is 14. The minimum absolute atomic E-state index is 0.0516. The lowest BCUT2D eigenvalue weighted by molar-refractivity contribution is -0.137. The van der Waals surface area contributed by atoms with E-state index in [0.717, 1.165) is 142 Å². The van der Waals surface area contributed by atoms with Gasteiger partial charge in [-0.1, -0.05) is 18.2 Å². The summed E-state index contributed by atoms with van der Waals surface area (Å²) in [6.07, 6.45) is 9.52. The van der Waals surface area contributed by atoms with Crippen molar-refractivity contribution < 1.29 is 95.6 Å². The van der Waals surface area contributed by atoms with Gasteiger partial charge in [-0.05, 0) is 229 Å². The summed E-state index contributed by atoms with van der Waals surface area (Å²) in [4.78, 5) is 188. The first-order valence-corrected chi connectivity index (χ1v) is 38.5. The molecule has 6 fully saturated rings. The molecule has 32 heteroatoms. The lowest BCUT2D eigenvalue weighted by atomic mass is 9.89. The van der Waals surface area contributed by atoms with Crippen LogP contribution in [0, 0.1) is 17.8 Å². The zero-order valence-electron chi connectivity index (χ0n) is 64.3. The van der Waals surface area contributed by atoms with Crippen LogP contribution >= 0.6 is 0 Å². The summed E-state index contributed by atoms with van der Waals surface area (Å²) in [5.74, 6) is -4.08. The highest BCUT2D eigenvalue weighted by atomic mass is 16.6. The molecule has 0 aromatic heterocycles. The molecule has 8 N–H and O–H groups in total. The Morgan fingerprint density at radius 2 is 0.766 bits per heavy atom. The Bertz CT molecular complexity index is 3940. The monoisotopic (exact) mass is 1540 g/mol. The van der Waals surface area contributed by atoms with E-state index in [9.17, 15) is 71.9 Å². The number of carbonyl (C=O) groups is 15. The van der Waals surface area contributed by atoms with Crippen LogP contribution in [0.15, 0.2) is 54.6 Å². The Labute approximate surface area is 645 Å². The quantitative estimate of drug-likeness (QED) is 0.0362. The zero-order valence-corrected chi connectivity index (χ0v) is 64.3. The van der Waals surface area contributed by atoms with E-state index < -0.39 is 94.7 Å². The smallest absolute Gasteiger partial charge is 0.407 e. The molecule has 9 aliphatic heterocycles. The van der Waals surface area contributed by atoms with Crippen molar-refractivity contribution in [2.24, 2.45) is 23.5 Å². The summed E-state index contributed by atoms with van der Waals surface area (Å²) < 4.78 is 26.1. The average molecular weight is 1540 g/mol. The number of hydrogen-bond donors (Lipinski definition) is 7. The highest BCUT2D eigenvalue weighted by Crippen LogP contribution is 2.34. The maximum Gasteiger partial charge on any atom is 0.407 e. The van der Waals surface area contributed by atoms with Crippen LogP contribution in [0.5, 0.6) is 0 Å². The predicted molar refractivity (Wildman–Crippen MR) is 400 cm³/mol. The Balaban J connectivity index is 0.000000179. The van der Waals surface area contributed by atoms with E-state index in [-0.39, 0.29) is 62.9 Å². The van der Waals surface area contributed by atoms with Crippen LogP contribution in [0.25, 0.3) is 0 Å². The molecular weight excluding hydrogens is 1440 g/mol. The predicted octanol–water partition coefficient (Wildman–Crippen LogP) is 3.56. The third-order valence-corrected chi connectivity index (χ3v) is 20.3. The molecule has 0 bridgehead atoms. The molecule has 602 valence electrons. The standard InChI is InChI=1S/C28H38N4O7.C23H30N4O5.C19H21N3O4.C9H17NO4/c1-28(2,3)39-27(37)29-10-14-38-15-13-31-11-8-18(9-12-31)16-19-4-5-20-21(17-19)26(36)32(25(20)35)22-6-7-23(33)30-24(22)34;24-7-11-32-12-10-26-8-5-15(6-9-26)13-16-1-2-17-18(14-16)23(31)27(22(17)30)19-3-4-20(28)25-21(19)29;23-16-4-3-15(17(24)21-16)22-18(25)13-2-1-12(10-14(13)19(22)26)9-11-5-7-20-8-6-11;1-9(2,3)14-8(12)10-4-6-13-7-5-11/h4-5,17-18,22H,6-16H2,1-3H3,(H,29,37)(H,30,33,34);1-2,14-15,19H,3-13,24H2,(H,25,28,29);1-2,10-11,15,20H,3-9H2,(H,21,23,24);5H,4,6-7H2,1-3H3,(H,10,12). The van der Waals surface area contributed by atoms with E-state index in [0.29, 0.717) is 110 Å². The van der Waals surface area contributed by atoms with E-state index in [1.165, 1.54) is 0 Å². The second kappa shape index (κ2) is 40.1. The number of likely N-dealkylation sites (tertiary alicyclic amines) is 2. The number of nitrogens with one attached hydrogen (secondary N) is 6. The van der Waals surface area contributed by atoms with Gasteiger partial charge >= 0.3 is 12.2 Å². The van der Waals surface area contributed by atoms with Crippen LogP contribution in [0.1, 0.15) is 197 Å². The number of benzene rings is 3. The van der Waals surface area contributed by atoms with Gasteiger partial charge in [0.05, 0.1) is 66.4 Å². The summed E-state index contributed by atoms with van der Waals surface area (Å²) >= 11 is 0. The van der Waals surface area contributed by atoms with Gasteiger partial charge in [0.1, 0.15) is 42.2 Å². The molecular formula is C79H106N12O20. The van der Waals surface area contributed by atoms with Gasteiger partial charge in [0.15, 0.2) is 0 Å². The lowest BCUT2D eigenvalue weighted by Gasteiger charge is -2.32. The van der Waals surface area contributed by atoms with Crippen molar-refractivity contribution in [2.75, 3.05) is 112 Å². The number of rotatable bonds is 25. The summed E-state index contributed by atoms with van der Waals surface area (Å²) in [5, 5.41) is 15.2. The molecule has 32 nitrogen and oxygen atoms in total. The number of fused-ring (bicyclic) bond motifs is 3. The summed E-state index contributed by atoms with van der Waals surface area (Å²) in [6.45, 7) is 22.5. The van der Waals surface area contributed by atoms with E-state index in [2.05, 4.69) is 41.7 Å². The van der Waals surface area contributed by atoms with Gasteiger partial charge < -0.3 is 60.0 Å². The molecule has 9 aliphatic rings. The van der Waals surface area contributed by atoms with Crippen LogP contribution in [0.2, 0.25) is 0 Å². The largest absolute Gasteiger partial charge is 0.444 e. The zero-order chi connectivity index (χ0) is 80.1. The van der Waals surface area contributed by atoms with Crippen molar-refractivity contribution in [1.29, 1.82) is 0 Å². The Morgan fingerprint density at radius 3 is 1.09 bits per heavy atom. The molecule has 111 heavy (non-hydrogen) atoms. The molecule has 0 aliphatic carbocycles. The lowest BCUT2D eigenvalue weighted by Crippen LogP contribution is -2.54. The summed E-state index contributed by atoms with van der Waals surface area (Å²) in [7, 11) is 0. The number of nitrogens with two attached hydrogens (primary N) is 1. The molecule has 0 saturated carbocycles. The number of nitrogens with zero attached hydrogens (tertiary/aromatic N) is 5. The fourth-order valence-electron chi connectivity index (χ4n) is 14.7.